The van der Waals surface area contributed by atoms with E-state index in [1.165, 1.54) is 0 Å². The molecule has 6 heteroatoms. The number of aryl methyl sites for hydroxylation is 1. The SMILES string of the molecule is Cc1noc([C@@H]2CNC[C@H](C)O2)n1.Cl. The van der Waals surface area contributed by atoms with Crippen LogP contribution >= 0.6 is 12.4 Å². The van der Waals surface area contributed by atoms with Gasteiger partial charge in [0.05, 0.1) is 6.10 Å². The van der Waals surface area contributed by atoms with E-state index in [4.69, 9.17) is 9.26 Å². The fourth-order valence-electron chi connectivity index (χ4n) is 1.38. The Morgan fingerprint density at radius 1 is 1.43 bits per heavy atom. The van der Waals surface area contributed by atoms with Gasteiger partial charge >= 0.3 is 0 Å². The number of rotatable bonds is 1. The van der Waals surface area contributed by atoms with Crippen LogP contribution in [0.1, 0.15) is 24.7 Å². The third-order valence-electron chi connectivity index (χ3n) is 1.98. The summed E-state index contributed by atoms with van der Waals surface area (Å²) in [5.41, 5.74) is 0. The molecule has 1 aromatic heterocycles. The van der Waals surface area contributed by atoms with E-state index in [-0.39, 0.29) is 24.6 Å². The summed E-state index contributed by atoms with van der Waals surface area (Å²) in [5, 5.41) is 6.96. The summed E-state index contributed by atoms with van der Waals surface area (Å²) in [7, 11) is 0. The molecule has 2 atom stereocenters. The predicted molar refractivity (Wildman–Crippen MR) is 52.4 cm³/mol. The van der Waals surface area contributed by atoms with E-state index in [1.807, 2.05) is 6.92 Å². The molecular formula is C8H14ClN3O2. The Balaban J connectivity index is 0.000000980. The highest BCUT2D eigenvalue weighted by molar-refractivity contribution is 5.85. The lowest BCUT2D eigenvalue weighted by molar-refractivity contribution is -0.0438. The van der Waals surface area contributed by atoms with Crippen molar-refractivity contribution >= 4 is 12.4 Å². The van der Waals surface area contributed by atoms with Crippen molar-refractivity contribution in [3.8, 4) is 0 Å². The molecule has 0 unspecified atom stereocenters. The zero-order valence-corrected chi connectivity index (χ0v) is 9.00. The summed E-state index contributed by atoms with van der Waals surface area (Å²) in [5.74, 6) is 1.22. The van der Waals surface area contributed by atoms with E-state index < -0.39 is 0 Å². The van der Waals surface area contributed by atoms with Gasteiger partial charge in [-0.2, -0.15) is 4.98 Å². The second-order valence-corrected chi connectivity index (χ2v) is 3.27. The van der Waals surface area contributed by atoms with E-state index in [2.05, 4.69) is 15.5 Å². The van der Waals surface area contributed by atoms with Crippen LogP contribution < -0.4 is 5.32 Å². The van der Waals surface area contributed by atoms with E-state index in [0.717, 1.165) is 13.1 Å². The number of halogens is 1. The van der Waals surface area contributed by atoms with E-state index in [1.54, 1.807) is 6.92 Å². The van der Waals surface area contributed by atoms with Crippen LogP contribution in [-0.2, 0) is 4.74 Å². The minimum Gasteiger partial charge on any atom is -0.363 e. The normalized spacial score (nSPS) is 27.0. The molecule has 0 spiro atoms. The molecule has 1 saturated heterocycles. The molecule has 0 saturated carbocycles. The second-order valence-electron chi connectivity index (χ2n) is 3.27. The first kappa shape index (κ1) is 11.4. The van der Waals surface area contributed by atoms with Crippen LogP contribution in [0.25, 0.3) is 0 Å². The van der Waals surface area contributed by atoms with Crippen molar-refractivity contribution in [3.05, 3.63) is 11.7 Å². The number of nitrogens with one attached hydrogen (secondary N) is 1. The molecule has 1 fully saturated rings. The van der Waals surface area contributed by atoms with Gasteiger partial charge in [0.25, 0.3) is 5.89 Å². The highest BCUT2D eigenvalue weighted by Crippen LogP contribution is 2.18. The summed E-state index contributed by atoms with van der Waals surface area (Å²) in [4.78, 5) is 4.13. The molecule has 14 heavy (non-hydrogen) atoms. The molecule has 5 nitrogen and oxygen atoms in total. The number of ether oxygens (including phenoxy) is 1. The molecule has 1 N–H and O–H groups in total. The number of aromatic nitrogens is 2. The average Bonchev–Trinajstić information content (AvgIpc) is 2.52. The maximum absolute atomic E-state index is 5.63. The molecule has 1 aliphatic rings. The summed E-state index contributed by atoms with van der Waals surface area (Å²) >= 11 is 0. The molecule has 0 radical (unpaired) electrons. The molecule has 0 amide bonds. The first-order valence-corrected chi connectivity index (χ1v) is 4.42. The molecule has 2 rings (SSSR count). The van der Waals surface area contributed by atoms with Crippen LogP contribution in [-0.4, -0.2) is 29.3 Å². The van der Waals surface area contributed by atoms with Crippen molar-refractivity contribution < 1.29 is 9.26 Å². The molecule has 0 aromatic carbocycles. The van der Waals surface area contributed by atoms with Crippen LogP contribution in [0.2, 0.25) is 0 Å². The first-order valence-electron chi connectivity index (χ1n) is 4.42. The largest absolute Gasteiger partial charge is 0.363 e. The zero-order valence-electron chi connectivity index (χ0n) is 8.19. The second kappa shape index (κ2) is 4.72. The molecule has 0 bridgehead atoms. The van der Waals surface area contributed by atoms with Gasteiger partial charge in [0.1, 0.15) is 6.10 Å². The summed E-state index contributed by atoms with van der Waals surface area (Å²) < 4.78 is 10.7. The third-order valence-corrected chi connectivity index (χ3v) is 1.98. The van der Waals surface area contributed by atoms with Gasteiger partial charge < -0.3 is 14.6 Å². The van der Waals surface area contributed by atoms with Gasteiger partial charge in [-0.3, -0.25) is 0 Å². The van der Waals surface area contributed by atoms with E-state index >= 15 is 0 Å². The predicted octanol–water partition coefficient (Wildman–Crippen LogP) is 0.849. The van der Waals surface area contributed by atoms with Crippen LogP contribution in [0.3, 0.4) is 0 Å². The van der Waals surface area contributed by atoms with E-state index in [0.29, 0.717) is 11.7 Å². The van der Waals surface area contributed by atoms with Gasteiger partial charge in [-0.25, -0.2) is 0 Å². The van der Waals surface area contributed by atoms with Crippen LogP contribution in [0.15, 0.2) is 4.52 Å². The Morgan fingerprint density at radius 2 is 2.21 bits per heavy atom. The number of hydrogen-bond acceptors (Lipinski definition) is 5. The fraction of sp³-hybridized carbons (Fsp3) is 0.750. The van der Waals surface area contributed by atoms with Crippen molar-refractivity contribution in [1.29, 1.82) is 0 Å². The van der Waals surface area contributed by atoms with Gasteiger partial charge in [0.15, 0.2) is 5.82 Å². The summed E-state index contributed by atoms with van der Waals surface area (Å²) in [6.45, 7) is 5.44. The molecular weight excluding hydrogens is 206 g/mol. The van der Waals surface area contributed by atoms with Crippen molar-refractivity contribution in [2.24, 2.45) is 0 Å². The molecule has 2 heterocycles. The fourth-order valence-corrected chi connectivity index (χ4v) is 1.38. The quantitative estimate of drug-likeness (QED) is 0.759. The van der Waals surface area contributed by atoms with Crippen molar-refractivity contribution in [2.45, 2.75) is 26.1 Å². The van der Waals surface area contributed by atoms with Crippen LogP contribution in [0.4, 0.5) is 0 Å². The van der Waals surface area contributed by atoms with Gasteiger partial charge in [-0.05, 0) is 13.8 Å². The minimum atomic E-state index is -0.0926. The maximum Gasteiger partial charge on any atom is 0.257 e. The Kier molecular flexibility index (Phi) is 3.86. The Labute approximate surface area is 88.6 Å². The Hall–Kier alpha value is -0.650. The molecule has 1 aromatic rings. The number of hydrogen-bond donors (Lipinski definition) is 1. The lowest BCUT2D eigenvalue weighted by Gasteiger charge is -2.25. The molecule has 80 valence electrons. The van der Waals surface area contributed by atoms with E-state index in [9.17, 15) is 0 Å². The highest BCUT2D eigenvalue weighted by atomic mass is 35.5. The van der Waals surface area contributed by atoms with Gasteiger partial charge in [0.2, 0.25) is 0 Å². The number of nitrogens with zero attached hydrogens (tertiary/aromatic N) is 2. The van der Waals surface area contributed by atoms with Gasteiger partial charge in [-0.15, -0.1) is 12.4 Å². The molecule has 1 aliphatic heterocycles. The lowest BCUT2D eigenvalue weighted by Crippen LogP contribution is -2.39. The van der Waals surface area contributed by atoms with Crippen molar-refractivity contribution in [1.82, 2.24) is 15.5 Å². The minimum absolute atomic E-state index is 0. The smallest absolute Gasteiger partial charge is 0.257 e. The Morgan fingerprint density at radius 3 is 2.79 bits per heavy atom. The topological polar surface area (TPSA) is 60.2 Å². The third kappa shape index (κ3) is 2.43. The zero-order chi connectivity index (χ0) is 9.26. The summed E-state index contributed by atoms with van der Waals surface area (Å²) in [6.07, 6.45) is 0.107. The molecule has 0 aliphatic carbocycles. The van der Waals surface area contributed by atoms with Crippen LogP contribution in [0, 0.1) is 6.92 Å². The van der Waals surface area contributed by atoms with Gasteiger partial charge in [0, 0.05) is 13.1 Å². The standard InChI is InChI=1S/C8H13N3O2.ClH/c1-5-3-9-4-7(12-5)8-10-6(2)11-13-8;/h5,7,9H,3-4H2,1-2H3;1H/t5-,7-;/m0./s1. The first-order chi connectivity index (χ1) is 6.25. The summed E-state index contributed by atoms with van der Waals surface area (Å²) in [6, 6.07) is 0. The highest BCUT2D eigenvalue weighted by Gasteiger charge is 2.24. The van der Waals surface area contributed by atoms with Crippen molar-refractivity contribution in [2.75, 3.05) is 13.1 Å². The monoisotopic (exact) mass is 219 g/mol. The maximum atomic E-state index is 5.63. The lowest BCUT2D eigenvalue weighted by atomic mass is 10.2. The Bertz CT molecular complexity index is 292. The van der Waals surface area contributed by atoms with Crippen molar-refractivity contribution in [3.63, 3.8) is 0 Å². The van der Waals surface area contributed by atoms with Crippen LogP contribution in [0.5, 0.6) is 0 Å². The van der Waals surface area contributed by atoms with Gasteiger partial charge in [-0.1, -0.05) is 5.16 Å². The average molecular weight is 220 g/mol. The number of morpholine rings is 1.